The number of carboxylic acid groups (broad SMARTS) is 1. The van der Waals surface area contributed by atoms with Gasteiger partial charge >= 0.3 is 17.9 Å². The van der Waals surface area contributed by atoms with Gasteiger partial charge in [-0.15, -0.1) is 0 Å². The molecular weight excluding hydrogens is 1540 g/mol. The summed E-state index contributed by atoms with van der Waals surface area (Å²) in [5.41, 5.74) is 6.93. The number of H-pyrrole nitrogens is 1. The predicted molar refractivity (Wildman–Crippen MR) is 407 cm³/mol. The number of hydrogen-bond acceptors (Lipinski definition) is 24. The maximum absolute atomic E-state index is 15.5. The first kappa shape index (κ1) is 89.5. The van der Waals surface area contributed by atoms with E-state index in [1.165, 1.54) is 54.7 Å². The minimum Gasteiger partial charge on any atom is -0.508 e. The number of aliphatic hydroxyl groups is 2. The normalized spacial score (nSPS) is 25.1. The number of aliphatic carboxylic acids is 1. The second-order valence-corrected chi connectivity index (χ2v) is 28.8. The van der Waals surface area contributed by atoms with Gasteiger partial charge in [-0.2, -0.15) is 0 Å². The van der Waals surface area contributed by atoms with E-state index in [9.17, 15) is 63.9 Å². The van der Waals surface area contributed by atoms with Crippen molar-refractivity contribution in [1.29, 1.82) is 5.41 Å². The number of nitrogens with two attached hydrogens (primary N) is 1. The zero-order chi connectivity index (χ0) is 85.5. The summed E-state index contributed by atoms with van der Waals surface area (Å²) in [5, 5.41) is 95.1. The quantitative estimate of drug-likeness (QED) is 0.0180. The number of fused-ring (bicyclic) bond motifs is 13. The molecule has 8 rings (SSSR count). The third kappa shape index (κ3) is 25.7. The molecule has 117 heavy (non-hydrogen) atoms. The highest BCUT2D eigenvalue weighted by molar-refractivity contribution is 6.02. The molecule has 16 atom stereocenters. The zero-order valence-corrected chi connectivity index (χ0v) is 64.3. The van der Waals surface area contributed by atoms with Crippen molar-refractivity contribution in [2.24, 2.45) is 5.73 Å². The van der Waals surface area contributed by atoms with Gasteiger partial charge in [0, 0.05) is 69.3 Å². The van der Waals surface area contributed by atoms with E-state index in [0.29, 0.717) is 22.0 Å². The molecule has 42 nitrogen and oxygen atoms in total. The first-order chi connectivity index (χ1) is 55.5. The van der Waals surface area contributed by atoms with Gasteiger partial charge in [-0.1, -0.05) is 42.5 Å². The number of hydrogen-bond donors (Lipinski definition) is 22. The fourth-order valence-electron chi connectivity index (χ4n) is 13.4. The first-order valence-electron chi connectivity index (χ1n) is 37.9. The molecule has 632 valence electrons. The Morgan fingerprint density at radius 3 is 1.91 bits per heavy atom. The number of rotatable bonds is 19. The number of nitrogens with one attached hydrogen (secondary N) is 16. The van der Waals surface area contributed by atoms with Crippen LogP contribution in [0, 0.1) is 5.41 Å². The fourth-order valence-corrected chi connectivity index (χ4v) is 13.4. The van der Waals surface area contributed by atoms with E-state index < -0.39 is 262 Å². The summed E-state index contributed by atoms with van der Waals surface area (Å²) in [4.78, 5) is 253. The number of ether oxygens (including phenoxy) is 2. The van der Waals surface area contributed by atoms with Gasteiger partial charge in [-0.05, 0) is 119 Å². The number of carbonyl (C=O) groups is 17. The van der Waals surface area contributed by atoms with Crippen LogP contribution < -0.4 is 80.2 Å². The Morgan fingerprint density at radius 2 is 1.25 bits per heavy atom. The Hall–Kier alpha value is -13.0. The van der Waals surface area contributed by atoms with Crippen LogP contribution in [0.2, 0.25) is 0 Å². The summed E-state index contributed by atoms with van der Waals surface area (Å²) in [5.74, 6) is -22.7. The van der Waals surface area contributed by atoms with Crippen LogP contribution in [-0.2, 0) is 110 Å². The lowest BCUT2D eigenvalue weighted by Gasteiger charge is -2.31. The molecule has 0 spiro atoms. The molecular formula is C75H98N18O24. The maximum atomic E-state index is 15.5. The lowest BCUT2D eigenvalue weighted by Crippen LogP contribution is -2.63. The monoisotopic (exact) mass is 1630 g/mol. The van der Waals surface area contributed by atoms with E-state index in [-0.39, 0.29) is 68.7 Å². The van der Waals surface area contributed by atoms with Crippen molar-refractivity contribution >= 4 is 117 Å². The number of esters is 2. The largest absolute Gasteiger partial charge is 0.508 e. The van der Waals surface area contributed by atoms with Crippen LogP contribution in [-0.4, -0.2) is 265 Å². The maximum Gasteiger partial charge on any atom is 0.326 e. The van der Waals surface area contributed by atoms with Gasteiger partial charge in [0.1, 0.15) is 103 Å². The van der Waals surface area contributed by atoms with Crippen molar-refractivity contribution in [2.45, 2.75) is 208 Å². The minimum atomic E-state index is -2.68. The van der Waals surface area contributed by atoms with E-state index in [4.69, 9.17) is 20.6 Å². The highest BCUT2D eigenvalue weighted by Gasteiger charge is 2.45. The van der Waals surface area contributed by atoms with Gasteiger partial charge < -0.3 is 125 Å². The molecule has 0 radical (unpaired) electrons. The second-order valence-electron chi connectivity index (χ2n) is 28.8. The van der Waals surface area contributed by atoms with Crippen molar-refractivity contribution in [2.75, 3.05) is 26.2 Å². The van der Waals surface area contributed by atoms with Gasteiger partial charge in [-0.3, -0.25) is 82.1 Å². The summed E-state index contributed by atoms with van der Waals surface area (Å²) in [6.45, 7) is 2.40. The Balaban J connectivity index is 1.32. The number of phenols is 2. The Morgan fingerprint density at radius 1 is 0.641 bits per heavy atom. The standard InChI is InChI=1S/C75H98N18O24/c1-35(81-69(109)57(36(2)94)82-38(4)95)61(101)91-58-37(3)117-56(99)32-50-66(106)86-49(31-41-33-80-45-12-6-5-11-44(41)45)65(105)84-48-24-25-55(98)116-34-53(67(107)87-50)90-68(108)54-15-10-28-93(54)73(113)51(29-39-16-20-42(96)21-17-39)88-63(103)46(83-62(102)47(85-70(58)110)14-9-27-79-75(76)77)13-7-8-26-78-72(112)60(100)59(92-64(48)104)71(111)89-52(74(114)115)30-40-18-22-43(97)23-19-40/h5-6,11-12,16-23,33,35-37,46-54,57-60,80,94,96-97,100H,7-10,13-15,24-32,34H2,1-4H3,(H,78,112)(H,81,109)(H,82,95)(H,83,102)(H,84,105)(H,85,110)(H,86,106)(H,87,107)(H,88,103)(H,89,111)(H,90,108)(H,91,101)(H,92,104)(H,114,115)(H4,76,77,79)/t35-,36-,37-,46-,47-,48-,49-,50-,51-,52-,53-,54-,57-,58-,59-,60-/m0/s1. The van der Waals surface area contributed by atoms with Crippen LogP contribution in [0.5, 0.6) is 11.5 Å². The molecule has 4 fully saturated rings. The van der Waals surface area contributed by atoms with E-state index in [1.54, 1.807) is 24.3 Å². The van der Waals surface area contributed by atoms with Gasteiger partial charge in [0.25, 0.3) is 5.91 Å². The van der Waals surface area contributed by atoms with Crippen molar-refractivity contribution in [3.8, 4) is 11.5 Å². The average Bonchev–Trinajstić information content (AvgIpc) is 1.67. The van der Waals surface area contributed by atoms with Gasteiger partial charge in [-0.25, -0.2) is 4.79 Å². The smallest absolute Gasteiger partial charge is 0.326 e. The molecule has 4 bridgehead atoms. The van der Waals surface area contributed by atoms with Gasteiger partial charge in [0.2, 0.25) is 76.8 Å². The number of para-hydroxylation sites is 1. The van der Waals surface area contributed by atoms with Crippen LogP contribution in [0.25, 0.3) is 10.9 Å². The summed E-state index contributed by atoms with van der Waals surface area (Å²) in [6, 6.07) is -8.13. The van der Waals surface area contributed by atoms with Gasteiger partial charge in [0.15, 0.2) is 12.1 Å². The van der Waals surface area contributed by atoms with Crippen molar-refractivity contribution in [3.63, 3.8) is 0 Å². The van der Waals surface area contributed by atoms with Crippen molar-refractivity contribution in [1.82, 2.24) is 84.3 Å². The summed E-state index contributed by atoms with van der Waals surface area (Å²) >= 11 is 0. The molecule has 0 unspecified atom stereocenters. The number of aromatic nitrogens is 1. The number of benzene rings is 3. The second kappa shape index (κ2) is 41.8. The minimum absolute atomic E-state index is 0.112. The average molecular weight is 1640 g/mol. The molecule has 0 aliphatic carbocycles. The number of carboxylic acids is 1. The lowest BCUT2D eigenvalue weighted by atomic mass is 10.0. The molecule has 4 saturated heterocycles. The highest BCUT2D eigenvalue weighted by Crippen LogP contribution is 2.24. The third-order valence-corrected chi connectivity index (χ3v) is 19.7. The summed E-state index contributed by atoms with van der Waals surface area (Å²) in [7, 11) is 0. The Labute approximate surface area is 668 Å². The highest BCUT2D eigenvalue weighted by atomic mass is 16.5. The third-order valence-electron chi connectivity index (χ3n) is 19.7. The topological polar surface area (TPSA) is 647 Å². The van der Waals surface area contributed by atoms with E-state index in [0.717, 1.165) is 32.6 Å². The number of guanidine groups is 1. The van der Waals surface area contributed by atoms with E-state index in [1.807, 2.05) is 0 Å². The van der Waals surface area contributed by atoms with Crippen LogP contribution in [0.15, 0.2) is 79.0 Å². The summed E-state index contributed by atoms with van der Waals surface area (Å²) in [6.07, 6.45) is -10.6. The number of nitrogens with zero attached hydrogens (tertiary/aromatic N) is 1. The van der Waals surface area contributed by atoms with E-state index in [2.05, 4.69) is 79.4 Å². The van der Waals surface area contributed by atoms with Crippen LogP contribution in [0.4, 0.5) is 0 Å². The SMILES string of the molecule is CC(=O)N[C@H](C(=O)N[C@@H](C)C(=O)N[C@@H]1C(=O)N[C@@H](CCCNC(=N)N)C(=O)N[C@H]2CCCCNC(=O)[C@@H](O)[C@@H](C(=O)N[C@@H](Cc3ccc(O)cc3)C(=O)O)NC(=O)[C@@H]3CCC(=O)OC[C@H](NC(=O)[C@@H]4CCCN4C(=O)[C@H](Cc4ccc(O)cc4)NC2=O)C(=O)N[C@@H](CC(=O)O[C@H]1C)C(=O)N[C@@H](Cc1c[nH]c2ccccc12)C(=O)N3)[C@H](C)O. The number of carbonyl (C=O) groups excluding carboxylic acids is 16. The number of aliphatic hydroxyl groups excluding tert-OH is 2. The molecule has 4 aliphatic heterocycles. The van der Waals surface area contributed by atoms with Crippen LogP contribution >= 0.6 is 0 Å². The molecule has 42 heteroatoms. The lowest BCUT2D eigenvalue weighted by molar-refractivity contribution is -0.154. The molecule has 5 heterocycles. The molecule has 0 saturated carbocycles. The number of phenolic OH excluding ortho intramolecular Hbond substituents is 2. The van der Waals surface area contributed by atoms with Crippen molar-refractivity contribution < 1.29 is 117 Å². The molecule has 14 amide bonds. The Bertz CT molecular complexity index is 4370. The molecule has 1 aromatic heterocycles. The van der Waals surface area contributed by atoms with Crippen molar-refractivity contribution in [3.05, 3.63) is 95.7 Å². The number of amides is 14. The molecule has 4 aliphatic rings. The van der Waals surface area contributed by atoms with E-state index >= 15 is 43.2 Å². The fraction of sp³-hybridized carbons (Fsp3) is 0.493. The number of aromatic hydroxyl groups is 2. The molecule has 3 aromatic carbocycles. The summed E-state index contributed by atoms with van der Waals surface area (Å²) < 4.78 is 11.4. The molecule has 23 N–H and O–H groups in total. The predicted octanol–water partition coefficient (Wildman–Crippen LogP) is -6.48. The van der Waals surface area contributed by atoms with Gasteiger partial charge in [0.05, 0.1) is 12.5 Å². The first-order valence-corrected chi connectivity index (χ1v) is 37.9. The number of aromatic amines is 1. The number of cyclic esters (lactones) is 1. The zero-order valence-electron chi connectivity index (χ0n) is 64.3. The van der Waals surface area contributed by atoms with Crippen LogP contribution in [0.1, 0.15) is 109 Å². The molecule has 4 aromatic rings. The van der Waals surface area contributed by atoms with Crippen LogP contribution in [0.3, 0.4) is 0 Å². The Kier molecular flexibility index (Phi) is 32.0.